The van der Waals surface area contributed by atoms with Gasteiger partial charge in [-0.15, -0.1) is 0 Å². The fraction of sp³-hybridized carbons (Fsp3) is 0.417. The molecule has 6 heteroatoms. The first-order valence-electron chi connectivity index (χ1n) is 10.6. The summed E-state index contributed by atoms with van der Waals surface area (Å²) >= 11 is 0. The molecule has 0 spiro atoms. The van der Waals surface area contributed by atoms with E-state index in [-0.39, 0.29) is 10.8 Å². The molecule has 0 fully saturated rings. The van der Waals surface area contributed by atoms with Gasteiger partial charge in [-0.1, -0.05) is 34.6 Å². The monoisotopic (exact) mass is 400 g/mol. The standard InChI is InChI=1S/C24H28N6/c1-23(2,3)19-12-18(27-28-19)20-16-13-25-10-8-14(16)11-17(26-20)21-15-7-6-9-24(4,5)22(15)30-29-21/h8,10-13H,6-7,9H2,1-5H3,(H,27,28)(H,29,30). The lowest BCUT2D eigenvalue weighted by molar-refractivity contribution is 0.420. The van der Waals surface area contributed by atoms with Crippen molar-refractivity contribution < 1.29 is 0 Å². The van der Waals surface area contributed by atoms with Crippen molar-refractivity contribution in [3.8, 4) is 22.8 Å². The Morgan fingerprint density at radius 2 is 1.83 bits per heavy atom. The van der Waals surface area contributed by atoms with Gasteiger partial charge in [-0.2, -0.15) is 10.2 Å². The second-order valence-electron chi connectivity index (χ2n) is 10.0. The number of aromatic nitrogens is 6. The van der Waals surface area contributed by atoms with Crippen molar-refractivity contribution >= 4 is 10.8 Å². The quantitative estimate of drug-likeness (QED) is 0.477. The van der Waals surface area contributed by atoms with E-state index in [2.05, 4.69) is 67.0 Å². The van der Waals surface area contributed by atoms with Gasteiger partial charge in [-0.3, -0.25) is 15.2 Å². The molecule has 0 bridgehead atoms. The second kappa shape index (κ2) is 6.49. The topological polar surface area (TPSA) is 83.1 Å². The van der Waals surface area contributed by atoms with Crippen molar-refractivity contribution in [1.29, 1.82) is 0 Å². The predicted octanol–water partition coefficient (Wildman–Crippen LogP) is 5.32. The number of nitrogens with one attached hydrogen (secondary N) is 2. The minimum atomic E-state index is -0.0102. The Labute approximate surface area is 176 Å². The number of pyridine rings is 2. The van der Waals surface area contributed by atoms with E-state index in [1.165, 1.54) is 24.1 Å². The molecule has 0 radical (unpaired) electrons. The summed E-state index contributed by atoms with van der Waals surface area (Å²) in [7, 11) is 0. The summed E-state index contributed by atoms with van der Waals surface area (Å²) in [4.78, 5) is 9.40. The van der Waals surface area contributed by atoms with Crippen LogP contribution in [0.1, 0.15) is 64.4 Å². The van der Waals surface area contributed by atoms with E-state index in [1.54, 1.807) is 0 Å². The van der Waals surface area contributed by atoms with E-state index in [0.29, 0.717) is 0 Å². The highest BCUT2D eigenvalue weighted by molar-refractivity contribution is 5.95. The molecule has 1 aliphatic rings. The maximum absolute atomic E-state index is 5.06. The van der Waals surface area contributed by atoms with Crippen LogP contribution in [0.5, 0.6) is 0 Å². The summed E-state index contributed by atoms with van der Waals surface area (Å²) in [5, 5.41) is 17.9. The van der Waals surface area contributed by atoms with Gasteiger partial charge in [0, 0.05) is 45.6 Å². The van der Waals surface area contributed by atoms with Crippen LogP contribution < -0.4 is 0 Å². The number of hydrogen-bond acceptors (Lipinski definition) is 4. The lowest BCUT2D eigenvalue weighted by Gasteiger charge is -2.29. The van der Waals surface area contributed by atoms with Crippen molar-refractivity contribution in [2.75, 3.05) is 0 Å². The summed E-state index contributed by atoms with van der Waals surface area (Å²) < 4.78 is 0. The fourth-order valence-corrected chi connectivity index (χ4v) is 4.45. The Balaban J connectivity index is 1.71. The average Bonchev–Trinajstić information content (AvgIpc) is 3.35. The highest BCUT2D eigenvalue weighted by Gasteiger charge is 2.32. The van der Waals surface area contributed by atoms with Gasteiger partial charge in [0.15, 0.2) is 0 Å². The third kappa shape index (κ3) is 3.02. The van der Waals surface area contributed by atoms with E-state index in [4.69, 9.17) is 10.1 Å². The summed E-state index contributed by atoms with van der Waals surface area (Å²) in [5.74, 6) is 0. The molecule has 0 saturated carbocycles. The molecule has 0 aromatic carbocycles. The highest BCUT2D eigenvalue weighted by atomic mass is 15.1. The zero-order chi connectivity index (χ0) is 21.1. The molecule has 5 rings (SSSR count). The second-order valence-corrected chi connectivity index (χ2v) is 10.0. The van der Waals surface area contributed by atoms with Crippen molar-refractivity contribution in [3.05, 3.63) is 47.5 Å². The zero-order valence-corrected chi connectivity index (χ0v) is 18.3. The number of rotatable bonds is 2. The zero-order valence-electron chi connectivity index (χ0n) is 18.3. The number of H-pyrrole nitrogens is 2. The smallest absolute Gasteiger partial charge is 0.114 e. The van der Waals surface area contributed by atoms with Crippen molar-refractivity contribution in [3.63, 3.8) is 0 Å². The third-order valence-electron chi connectivity index (χ3n) is 6.28. The van der Waals surface area contributed by atoms with Crippen LogP contribution in [-0.4, -0.2) is 30.4 Å². The molecule has 4 aromatic heterocycles. The molecular formula is C24H28N6. The Kier molecular flexibility index (Phi) is 4.10. The van der Waals surface area contributed by atoms with Gasteiger partial charge in [-0.05, 0) is 42.8 Å². The van der Waals surface area contributed by atoms with Crippen LogP contribution in [0.3, 0.4) is 0 Å². The highest BCUT2D eigenvalue weighted by Crippen LogP contribution is 2.40. The van der Waals surface area contributed by atoms with Crippen LogP contribution in [0.15, 0.2) is 30.6 Å². The van der Waals surface area contributed by atoms with Gasteiger partial charge in [0.25, 0.3) is 0 Å². The summed E-state index contributed by atoms with van der Waals surface area (Å²) in [6.07, 6.45) is 7.07. The third-order valence-corrected chi connectivity index (χ3v) is 6.28. The Morgan fingerprint density at radius 3 is 2.60 bits per heavy atom. The van der Waals surface area contributed by atoms with Gasteiger partial charge in [0.2, 0.25) is 0 Å². The summed E-state index contributed by atoms with van der Waals surface area (Å²) in [6.45, 7) is 11.1. The Hall–Kier alpha value is -3.02. The van der Waals surface area contributed by atoms with Gasteiger partial charge in [-0.25, -0.2) is 4.98 Å². The molecular weight excluding hydrogens is 372 g/mol. The van der Waals surface area contributed by atoms with Crippen LogP contribution in [0.25, 0.3) is 33.5 Å². The number of fused-ring (bicyclic) bond motifs is 2. The van der Waals surface area contributed by atoms with Gasteiger partial charge in [0.1, 0.15) is 17.1 Å². The molecule has 0 saturated heterocycles. The average molecular weight is 401 g/mol. The van der Waals surface area contributed by atoms with Crippen LogP contribution in [0.4, 0.5) is 0 Å². The Morgan fingerprint density at radius 1 is 1.00 bits per heavy atom. The molecule has 0 amide bonds. The number of aromatic amines is 2. The van der Waals surface area contributed by atoms with Gasteiger partial charge < -0.3 is 0 Å². The van der Waals surface area contributed by atoms with Gasteiger partial charge >= 0.3 is 0 Å². The molecule has 154 valence electrons. The van der Waals surface area contributed by atoms with Crippen LogP contribution in [0.2, 0.25) is 0 Å². The SMILES string of the molecule is CC(C)(C)c1cc(-c2nc(-c3n[nH]c4c3CCCC4(C)C)cc3ccncc23)n[nH]1. The molecule has 4 heterocycles. The van der Waals surface area contributed by atoms with Crippen LogP contribution >= 0.6 is 0 Å². The maximum Gasteiger partial charge on any atom is 0.114 e. The van der Waals surface area contributed by atoms with Crippen molar-refractivity contribution in [2.45, 2.75) is 64.7 Å². The largest absolute Gasteiger partial charge is 0.281 e. The maximum atomic E-state index is 5.06. The summed E-state index contributed by atoms with van der Waals surface area (Å²) in [5.41, 5.74) is 7.27. The molecule has 0 atom stereocenters. The van der Waals surface area contributed by atoms with E-state index < -0.39 is 0 Å². The van der Waals surface area contributed by atoms with E-state index in [1.807, 2.05) is 18.5 Å². The minimum absolute atomic E-state index is 0.0102. The molecule has 0 aliphatic heterocycles. The molecule has 4 aromatic rings. The van der Waals surface area contributed by atoms with Crippen molar-refractivity contribution in [2.24, 2.45) is 0 Å². The fourth-order valence-electron chi connectivity index (χ4n) is 4.45. The first-order chi connectivity index (χ1) is 14.2. The molecule has 1 aliphatic carbocycles. The predicted molar refractivity (Wildman–Crippen MR) is 119 cm³/mol. The molecule has 30 heavy (non-hydrogen) atoms. The number of nitrogens with zero attached hydrogens (tertiary/aromatic N) is 4. The van der Waals surface area contributed by atoms with E-state index in [9.17, 15) is 0 Å². The van der Waals surface area contributed by atoms with Crippen molar-refractivity contribution in [1.82, 2.24) is 30.4 Å². The lowest BCUT2D eigenvalue weighted by atomic mass is 9.76. The minimum Gasteiger partial charge on any atom is -0.281 e. The van der Waals surface area contributed by atoms with E-state index >= 15 is 0 Å². The first kappa shape index (κ1) is 19.0. The lowest BCUT2D eigenvalue weighted by Crippen LogP contribution is -2.23. The Bertz CT molecular complexity index is 1240. The summed E-state index contributed by atoms with van der Waals surface area (Å²) in [6, 6.07) is 6.25. The first-order valence-corrected chi connectivity index (χ1v) is 10.6. The molecule has 6 nitrogen and oxygen atoms in total. The van der Waals surface area contributed by atoms with Crippen LogP contribution in [0, 0.1) is 0 Å². The number of hydrogen-bond donors (Lipinski definition) is 2. The van der Waals surface area contributed by atoms with Gasteiger partial charge in [0.05, 0.1) is 5.69 Å². The van der Waals surface area contributed by atoms with E-state index in [0.717, 1.165) is 45.7 Å². The van der Waals surface area contributed by atoms with Crippen LogP contribution in [-0.2, 0) is 17.3 Å². The molecule has 2 N–H and O–H groups in total. The molecule has 0 unspecified atom stereocenters. The normalized spacial score (nSPS) is 16.0.